The van der Waals surface area contributed by atoms with Crippen molar-refractivity contribution in [1.82, 2.24) is 5.32 Å². The largest absolute Gasteiger partial charge is 0.399 e. The Hall–Kier alpha value is -1.36. The molecule has 18 heavy (non-hydrogen) atoms. The second-order valence-electron chi connectivity index (χ2n) is 4.34. The van der Waals surface area contributed by atoms with Gasteiger partial charge in [-0.15, -0.1) is 11.8 Å². The molecule has 1 aromatic rings. The Labute approximate surface area is 112 Å². The number of rotatable bonds is 4. The normalized spacial score (nSPS) is 14.2. The van der Waals surface area contributed by atoms with Gasteiger partial charge in [0, 0.05) is 42.9 Å². The fourth-order valence-electron chi connectivity index (χ4n) is 2.08. The van der Waals surface area contributed by atoms with Gasteiger partial charge in [-0.1, -0.05) is 0 Å². The van der Waals surface area contributed by atoms with E-state index in [-0.39, 0.29) is 5.91 Å². The number of benzene rings is 1. The summed E-state index contributed by atoms with van der Waals surface area (Å²) in [6.07, 6.45) is 1.45. The van der Waals surface area contributed by atoms with Crippen LogP contribution in [-0.4, -0.2) is 31.8 Å². The molecule has 4 nitrogen and oxygen atoms in total. The molecular formula is C13H19N3OS. The lowest BCUT2D eigenvalue weighted by molar-refractivity contribution is -0.120. The van der Waals surface area contributed by atoms with Gasteiger partial charge in [-0.05, 0) is 24.6 Å². The van der Waals surface area contributed by atoms with Crippen molar-refractivity contribution in [2.75, 3.05) is 36.5 Å². The summed E-state index contributed by atoms with van der Waals surface area (Å²) >= 11 is 1.87. The van der Waals surface area contributed by atoms with Gasteiger partial charge in [0.15, 0.2) is 0 Å². The summed E-state index contributed by atoms with van der Waals surface area (Å²) in [5.74, 6) is 1.20. The summed E-state index contributed by atoms with van der Waals surface area (Å²) in [4.78, 5) is 14.8. The van der Waals surface area contributed by atoms with Crippen molar-refractivity contribution in [3.8, 4) is 0 Å². The first-order valence-electron chi connectivity index (χ1n) is 6.18. The summed E-state index contributed by atoms with van der Waals surface area (Å²) < 4.78 is 0. The van der Waals surface area contributed by atoms with Gasteiger partial charge in [0.1, 0.15) is 0 Å². The highest BCUT2D eigenvalue weighted by Gasteiger charge is 2.17. The molecule has 0 radical (unpaired) electrons. The Morgan fingerprint density at radius 1 is 1.56 bits per heavy atom. The Morgan fingerprint density at radius 3 is 3.17 bits per heavy atom. The summed E-state index contributed by atoms with van der Waals surface area (Å²) in [5, 5.41) is 2.65. The molecule has 0 aliphatic carbocycles. The first kappa shape index (κ1) is 13.1. The first-order chi connectivity index (χ1) is 8.70. The number of fused-ring (bicyclic) bond motifs is 1. The maximum Gasteiger partial charge on any atom is 0.219 e. The van der Waals surface area contributed by atoms with E-state index >= 15 is 0 Å². The molecule has 1 aliphatic rings. The molecule has 0 saturated carbocycles. The predicted molar refractivity (Wildman–Crippen MR) is 77.1 cm³/mol. The number of amides is 1. The quantitative estimate of drug-likeness (QED) is 0.814. The van der Waals surface area contributed by atoms with Crippen molar-refractivity contribution < 1.29 is 4.79 Å². The van der Waals surface area contributed by atoms with Crippen LogP contribution >= 0.6 is 11.8 Å². The van der Waals surface area contributed by atoms with Crippen molar-refractivity contribution >= 4 is 29.0 Å². The van der Waals surface area contributed by atoms with Gasteiger partial charge in [-0.2, -0.15) is 0 Å². The van der Waals surface area contributed by atoms with E-state index in [1.807, 2.05) is 23.9 Å². The van der Waals surface area contributed by atoms with Crippen LogP contribution in [-0.2, 0) is 4.79 Å². The highest BCUT2D eigenvalue weighted by atomic mass is 32.2. The molecule has 0 aromatic heterocycles. The number of nitrogen functional groups attached to an aromatic ring is 1. The van der Waals surface area contributed by atoms with E-state index in [9.17, 15) is 4.79 Å². The SMILES string of the molecule is CNC(=O)CCCN1CCSc2ccc(N)cc21. The van der Waals surface area contributed by atoms with Gasteiger partial charge in [-0.25, -0.2) is 0 Å². The number of carbonyl (C=O) groups is 1. The Bertz CT molecular complexity index is 436. The maximum absolute atomic E-state index is 11.2. The Morgan fingerprint density at radius 2 is 2.39 bits per heavy atom. The number of nitrogens with two attached hydrogens (primary N) is 1. The third kappa shape index (κ3) is 3.10. The van der Waals surface area contributed by atoms with E-state index in [4.69, 9.17) is 5.73 Å². The summed E-state index contributed by atoms with van der Waals surface area (Å²) in [6, 6.07) is 6.06. The van der Waals surface area contributed by atoms with Crippen molar-refractivity contribution in [3.63, 3.8) is 0 Å². The molecule has 98 valence electrons. The van der Waals surface area contributed by atoms with Crippen LogP contribution in [0.2, 0.25) is 0 Å². The Kier molecular flexibility index (Phi) is 4.36. The zero-order valence-corrected chi connectivity index (χ0v) is 11.4. The van der Waals surface area contributed by atoms with Crippen LogP contribution in [0.1, 0.15) is 12.8 Å². The van der Waals surface area contributed by atoms with Gasteiger partial charge < -0.3 is 16.0 Å². The van der Waals surface area contributed by atoms with Gasteiger partial charge in [0.25, 0.3) is 0 Å². The molecule has 0 atom stereocenters. The van der Waals surface area contributed by atoms with Gasteiger partial charge in [0.2, 0.25) is 5.91 Å². The van der Waals surface area contributed by atoms with E-state index in [0.717, 1.165) is 31.0 Å². The lowest BCUT2D eigenvalue weighted by Crippen LogP contribution is -2.31. The molecule has 1 amide bonds. The minimum Gasteiger partial charge on any atom is -0.399 e. The van der Waals surface area contributed by atoms with Crippen LogP contribution in [0.15, 0.2) is 23.1 Å². The molecule has 0 saturated heterocycles. The van der Waals surface area contributed by atoms with E-state index < -0.39 is 0 Å². The summed E-state index contributed by atoms with van der Waals surface area (Å²) in [5.41, 5.74) is 7.85. The molecular weight excluding hydrogens is 246 g/mol. The van der Waals surface area contributed by atoms with Crippen LogP contribution in [0.25, 0.3) is 0 Å². The number of thioether (sulfide) groups is 1. The molecule has 1 aromatic carbocycles. The minimum absolute atomic E-state index is 0.106. The van der Waals surface area contributed by atoms with Crippen molar-refractivity contribution in [1.29, 1.82) is 0 Å². The zero-order chi connectivity index (χ0) is 13.0. The highest BCUT2D eigenvalue weighted by Crippen LogP contribution is 2.35. The molecule has 0 fully saturated rings. The van der Waals surface area contributed by atoms with Gasteiger partial charge >= 0.3 is 0 Å². The third-order valence-electron chi connectivity index (χ3n) is 3.05. The molecule has 5 heteroatoms. The molecule has 0 unspecified atom stereocenters. The molecule has 0 bridgehead atoms. The van der Waals surface area contributed by atoms with Crippen molar-refractivity contribution in [2.45, 2.75) is 17.7 Å². The highest BCUT2D eigenvalue weighted by molar-refractivity contribution is 7.99. The number of hydrogen-bond acceptors (Lipinski definition) is 4. The van der Waals surface area contributed by atoms with Crippen molar-refractivity contribution in [3.05, 3.63) is 18.2 Å². The average molecular weight is 265 g/mol. The Balaban J connectivity index is 1.99. The van der Waals surface area contributed by atoms with Gasteiger partial charge in [-0.3, -0.25) is 4.79 Å². The van der Waals surface area contributed by atoms with Crippen LogP contribution in [0, 0.1) is 0 Å². The second-order valence-corrected chi connectivity index (χ2v) is 5.48. The summed E-state index contributed by atoms with van der Waals surface area (Å²) in [6.45, 7) is 1.93. The topological polar surface area (TPSA) is 58.4 Å². The second kappa shape index (κ2) is 6.00. The molecule has 1 aliphatic heterocycles. The standard InChI is InChI=1S/C13H19N3OS/c1-15-13(17)3-2-6-16-7-8-18-12-5-4-10(14)9-11(12)16/h4-5,9H,2-3,6-8,14H2,1H3,(H,15,17). The molecule has 1 heterocycles. The van der Waals surface area contributed by atoms with E-state index in [2.05, 4.69) is 16.3 Å². The van der Waals surface area contributed by atoms with E-state index in [1.165, 1.54) is 10.6 Å². The lowest BCUT2D eigenvalue weighted by atomic mass is 10.2. The lowest BCUT2D eigenvalue weighted by Gasteiger charge is -2.31. The summed E-state index contributed by atoms with van der Waals surface area (Å²) in [7, 11) is 1.68. The zero-order valence-electron chi connectivity index (χ0n) is 10.6. The van der Waals surface area contributed by atoms with Crippen LogP contribution in [0.4, 0.5) is 11.4 Å². The minimum atomic E-state index is 0.106. The maximum atomic E-state index is 11.2. The smallest absolute Gasteiger partial charge is 0.219 e. The fraction of sp³-hybridized carbons (Fsp3) is 0.462. The molecule has 0 spiro atoms. The molecule has 3 N–H and O–H groups in total. The van der Waals surface area contributed by atoms with Crippen LogP contribution < -0.4 is 16.0 Å². The predicted octanol–water partition coefficient (Wildman–Crippen LogP) is 1.71. The fourth-order valence-corrected chi connectivity index (χ4v) is 3.11. The van der Waals surface area contributed by atoms with E-state index in [0.29, 0.717) is 6.42 Å². The average Bonchev–Trinajstić information content (AvgIpc) is 2.39. The molecule has 2 rings (SSSR count). The first-order valence-corrected chi connectivity index (χ1v) is 7.17. The number of hydrogen-bond donors (Lipinski definition) is 2. The number of carbonyl (C=O) groups excluding carboxylic acids is 1. The monoisotopic (exact) mass is 265 g/mol. The van der Waals surface area contributed by atoms with Gasteiger partial charge in [0.05, 0.1) is 5.69 Å². The van der Waals surface area contributed by atoms with E-state index in [1.54, 1.807) is 7.05 Å². The number of nitrogens with one attached hydrogen (secondary N) is 1. The van der Waals surface area contributed by atoms with Crippen molar-refractivity contribution in [2.24, 2.45) is 0 Å². The van der Waals surface area contributed by atoms with Crippen LogP contribution in [0.5, 0.6) is 0 Å². The number of anilines is 2. The number of nitrogens with zero attached hydrogens (tertiary/aromatic N) is 1. The third-order valence-corrected chi connectivity index (χ3v) is 4.10. The van der Waals surface area contributed by atoms with Crippen LogP contribution in [0.3, 0.4) is 0 Å².